The predicted molar refractivity (Wildman–Crippen MR) is 55.1 cm³/mol. The summed E-state index contributed by atoms with van der Waals surface area (Å²) in [6.07, 6.45) is 3.57. The van der Waals surface area contributed by atoms with Crippen LogP contribution in [-0.2, 0) is 21.5 Å². The zero-order valence-electron chi connectivity index (χ0n) is 8.69. The molecule has 0 amide bonds. The Balaban J connectivity index is 2.28. The third kappa shape index (κ3) is 1.72. The second-order valence-corrected chi connectivity index (χ2v) is 3.91. The van der Waals surface area contributed by atoms with Crippen molar-refractivity contribution in [2.45, 2.75) is 24.8 Å². The summed E-state index contributed by atoms with van der Waals surface area (Å²) in [5.41, 5.74) is 7.61. The second-order valence-electron chi connectivity index (χ2n) is 3.91. The standard InChI is InChI=1S/C11H14N2O2/c1-15-10(14)7-11(12)5-4-9-8(11)3-2-6-13-9/h2-3,6H,4-5,7,12H2,1H3. The van der Waals surface area contributed by atoms with Crippen LogP contribution in [0.1, 0.15) is 24.1 Å². The molecule has 1 heterocycles. The van der Waals surface area contributed by atoms with Gasteiger partial charge in [0.1, 0.15) is 0 Å². The van der Waals surface area contributed by atoms with Crippen LogP contribution in [0.3, 0.4) is 0 Å². The Morgan fingerprint density at radius 3 is 3.27 bits per heavy atom. The summed E-state index contributed by atoms with van der Waals surface area (Å²) in [6.45, 7) is 0. The van der Waals surface area contributed by atoms with Crippen LogP contribution in [0.2, 0.25) is 0 Å². The Bertz CT molecular complexity index is 392. The molecule has 15 heavy (non-hydrogen) atoms. The van der Waals surface area contributed by atoms with Gasteiger partial charge in [-0.15, -0.1) is 0 Å². The highest BCUT2D eigenvalue weighted by atomic mass is 16.5. The molecule has 1 unspecified atom stereocenters. The number of aryl methyl sites for hydroxylation is 1. The average Bonchev–Trinajstić information content (AvgIpc) is 2.57. The molecule has 0 fully saturated rings. The highest BCUT2D eigenvalue weighted by Crippen LogP contribution is 2.36. The summed E-state index contributed by atoms with van der Waals surface area (Å²) in [7, 11) is 1.38. The Morgan fingerprint density at radius 2 is 2.53 bits per heavy atom. The molecule has 80 valence electrons. The lowest BCUT2D eigenvalue weighted by Gasteiger charge is -2.23. The number of hydrogen-bond donors (Lipinski definition) is 1. The minimum atomic E-state index is -0.587. The van der Waals surface area contributed by atoms with E-state index in [0.29, 0.717) is 0 Å². The first-order valence-corrected chi connectivity index (χ1v) is 4.96. The lowest BCUT2D eigenvalue weighted by Crippen LogP contribution is -2.37. The molecule has 0 bridgehead atoms. The maximum absolute atomic E-state index is 11.3. The Morgan fingerprint density at radius 1 is 1.73 bits per heavy atom. The number of ether oxygens (including phenoxy) is 1. The van der Waals surface area contributed by atoms with Crippen LogP contribution in [0.5, 0.6) is 0 Å². The predicted octanol–water partition coefficient (Wildman–Crippen LogP) is 0.745. The maximum Gasteiger partial charge on any atom is 0.307 e. The summed E-state index contributed by atoms with van der Waals surface area (Å²) in [4.78, 5) is 15.5. The molecule has 2 N–H and O–H groups in total. The van der Waals surface area contributed by atoms with E-state index < -0.39 is 5.54 Å². The second kappa shape index (κ2) is 3.62. The van der Waals surface area contributed by atoms with Crippen molar-refractivity contribution in [3.8, 4) is 0 Å². The fourth-order valence-corrected chi connectivity index (χ4v) is 2.08. The summed E-state index contributed by atoms with van der Waals surface area (Å²) >= 11 is 0. The van der Waals surface area contributed by atoms with Crippen molar-refractivity contribution in [2.24, 2.45) is 5.73 Å². The van der Waals surface area contributed by atoms with E-state index in [1.54, 1.807) is 6.20 Å². The highest BCUT2D eigenvalue weighted by molar-refractivity contribution is 5.71. The number of carbonyl (C=O) groups is 1. The molecule has 2 rings (SSSR count). The summed E-state index contributed by atoms with van der Waals surface area (Å²) in [5.74, 6) is -0.269. The van der Waals surface area contributed by atoms with Gasteiger partial charge in [0.15, 0.2) is 0 Å². The molecule has 0 saturated heterocycles. The molecule has 1 aliphatic rings. The molecule has 0 aromatic carbocycles. The molecular formula is C11H14N2O2. The van der Waals surface area contributed by atoms with Crippen LogP contribution >= 0.6 is 0 Å². The van der Waals surface area contributed by atoms with E-state index in [4.69, 9.17) is 5.73 Å². The Hall–Kier alpha value is -1.42. The molecule has 0 radical (unpaired) electrons. The van der Waals surface area contributed by atoms with Gasteiger partial charge in [-0.2, -0.15) is 0 Å². The van der Waals surface area contributed by atoms with Crippen molar-refractivity contribution >= 4 is 5.97 Å². The molecule has 4 heteroatoms. The van der Waals surface area contributed by atoms with E-state index in [-0.39, 0.29) is 12.4 Å². The zero-order chi connectivity index (χ0) is 10.9. The Labute approximate surface area is 88.4 Å². The van der Waals surface area contributed by atoms with Crippen molar-refractivity contribution in [1.29, 1.82) is 0 Å². The van der Waals surface area contributed by atoms with Crippen LogP contribution in [0.25, 0.3) is 0 Å². The number of fused-ring (bicyclic) bond motifs is 1. The lowest BCUT2D eigenvalue weighted by atomic mass is 9.90. The minimum Gasteiger partial charge on any atom is -0.469 e. The smallest absolute Gasteiger partial charge is 0.307 e. The fraction of sp³-hybridized carbons (Fsp3) is 0.455. The van der Waals surface area contributed by atoms with E-state index >= 15 is 0 Å². The van der Waals surface area contributed by atoms with E-state index in [1.807, 2.05) is 12.1 Å². The molecule has 1 atom stereocenters. The van der Waals surface area contributed by atoms with Gasteiger partial charge in [0, 0.05) is 11.9 Å². The number of esters is 1. The van der Waals surface area contributed by atoms with Crippen molar-refractivity contribution in [3.63, 3.8) is 0 Å². The molecule has 1 aromatic rings. The monoisotopic (exact) mass is 206 g/mol. The molecule has 4 nitrogen and oxygen atoms in total. The first-order valence-electron chi connectivity index (χ1n) is 4.96. The van der Waals surface area contributed by atoms with E-state index in [0.717, 1.165) is 24.1 Å². The number of rotatable bonds is 2. The number of carbonyl (C=O) groups excluding carboxylic acids is 1. The zero-order valence-corrected chi connectivity index (χ0v) is 8.69. The van der Waals surface area contributed by atoms with Crippen molar-refractivity contribution in [2.75, 3.05) is 7.11 Å². The van der Waals surface area contributed by atoms with Crippen molar-refractivity contribution < 1.29 is 9.53 Å². The van der Waals surface area contributed by atoms with Gasteiger partial charge in [-0.1, -0.05) is 6.07 Å². The number of nitrogens with zero attached hydrogens (tertiary/aromatic N) is 1. The highest BCUT2D eigenvalue weighted by Gasteiger charge is 2.37. The summed E-state index contributed by atoms with van der Waals surface area (Å²) in [6, 6.07) is 3.79. The van der Waals surface area contributed by atoms with E-state index in [9.17, 15) is 4.79 Å². The molecule has 1 aromatic heterocycles. The molecule has 1 aliphatic carbocycles. The van der Waals surface area contributed by atoms with Crippen molar-refractivity contribution in [1.82, 2.24) is 4.98 Å². The third-order valence-electron chi connectivity index (χ3n) is 2.92. The van der Waals surface area contributed by atoms with E-state index in [2.05, 4.69) is 9.72 Å². The van der Waals surface area contributed by atoms with Gasteiger partial charge in [0.2, 0.25) is 0 Å². The van der Waals surface area contributed by atoms with Gasteiger partial charge in [0.05, 0.1) is 19.1 Å². The number of pyridine rings is 1. The maximum atomic E-state index is 11.3. The normalized spacial score (nSPS) is 23.6. The van der Waals surface area contributed by atoms with Crippen LogP contribution < -0.4 is 5.73 Å². The van der Waals surface area contributed by atoms with Gasteiger partial charge in [-0.3, -0.25) is 9.78 Å². The third-order valence-corrected chi connectivity index (χ3v) is 2.92. The quantitative estimate of drug-likeness (QED) is 0.725. The van der Waals surface area contributed by atoms with Crippen LogP contribution in [0.15, 0.2) is 18.3 Å². The largest absolute Gasteiger partial charge is 0.469 e. The fourth-order valence-electron chi connectivity index (χ4n) is 2.08. The lowest BCUT2D eigenvalue weighted by molar-refractivity contribution is -0.142. The van der Waals surface area contributed by atoms with Gasteiger partial charge >= 0.3 is 5.97 Å². The van der Waals surface area contributed by atoms with Gasteiger partial charge in [-0.25, -0.2) is 0 Å². The van der Waals surface area contributed by atoms with Crippen LogP contribution in [0, 0.1) is 0 Å². The number of methoxy groups -OCH3 is 1. The van der Waals surface area contributed by atoms with Gasteiger partial charge < -0.3 is 10.5 Å². The van der Waals surface area contributed by atoms with Gasteiger partial charge in [0.25, 0.3) is 0 Å². The average molecular weight is 206 g/mol. The van der Waals surface area contributed by atoms with Crippen molar-refractivity contribution in [3.05, 3.63) is 29.6 Å². The Kier molecular flexibility index (Phi) is 2.44. The first-order chi connectivity index (χ1) is 7.15. The minimum absolute atomic E-state index is 0.224. The summed E-state index contributed by atoms with van der Waals surface area (Å²) in [5, 5.41) is 0. The molecule has 0 spiro atoms. The SMILES string of the molecule is COC(=O)CC1(N)CCc2ncccc21. The van der Waals surface area contributed by atoms with Crippen LogP contribution in [0.4, 0.5) is 0 Å². The van der Waals surface area contributed by atoms with Crippen LogP contribution in [-0.4, -0.2) is 18.1 Å². The molecule has 0 aliphatic heterocycles. The molecule has 0 saturated carbocycles. The number of aromatic nitrogens is 1. The number of hydrogen-bond acceptors (Lipinski definition) is 4. The molecular weight excluding hydrogens is 192 g/mol. The van der Waals surface area contributed by atoms with E-state index in [1.165, 1.54) is 7.11 Å². The topological polar surface area (TPSA) is 65.2 Å². The van der Waals surface area contributed by atoms with Gasteiger partial charge in [-0.05, 0) is 24.5 Å². The summed E-state index contributed by atoms with van der Waals surface area (Å²) < 4.78 is 4.65. The first kappa shape index (κ1) is 10.1. The number of nitrogens with two attached hydrogens (primary N) is 1.